The minimum atomic E-state index is -0.0468. The van der Waals surface area contributed by atoms with Gasteiger partial charge in [0.15, 0.2) is 0 Å². The molecule has 23 heavy (non-hydrogen) atoms. The second-order valence-corrected chi connectivity index (χ2v) is 7.37. The van der Waals surface area contributed by atoms with E-state index in [4.69, 9.17) is 0 Å². The van der Waals surface area contributed by atoms with Gasteiger partial charge in [0.05, 0.1) is 6.04 Å². The molecule has 0 aliphatic carbocycles. The summed E-state index contributed by atoms with van der Waals surface area (Å²) in [7, 11) is 0. The molecular weight excluding hydrogens is 308 g/mol. The van der Waals surface area contributed by atoms with Crippen LogP contribution in [0, 0.1) is 0 Å². The maximum atomic E-state index is 13.1. The van der Waals surface area contributed by atoms with Crippen molar-refractivity contribution in [3.05, 3.63) is 48.0 Å². The summed E-state index contributed by atoms with van der Waals surface area (Å²) in [4.78, 5) is 19.1. The molecule has 0 radical (unpaired) electrons. The van der Waals surface area contributed by atoms with Crippen molar-refractivity contribution in [1.82, 2.24) is 19.7 Å². The molecule has 3 heterocycles. The van der Waals surface area contributed by atoms with E-state index in [9.17, 15) is 4.79 Å². The Hall–Kier alpha value is -1.82. The summed E-state index contributed by atoms with van der Waals surface area (Å²) in [6, 6.07) is 8.63. The largest absolute Gasteiger partial charge is 0.339 e. The smallest absolute Gasteiger partial charge is 0.240 e. The van der Waals surface area contributed by atoms with Gasteiger partial charge in [-0.2, -0.15) is 5.10 Å². The van der Waals surface area contributed by atoms with Crippen molar-refractivity contribution in [2.45, 2.75) is 30.6 Å². The molecule has 1 amide bonds. The number of fused-ring (bicyclic) bond motifs is 1. The average molecular weight is 328 g/mol. The lowest BCUT2D eigenvalue weighted by molar-refractivity contribution is -0.132. The summed E-state index contributed by atoms with van der Waals surface area (Å²) < 4.78 is 1.89. The van der Waals surface area contributed by atoms with Crippen LogP contribution in [0.4, 0.5) is 0 Å². The van der Waals surface area contributed by atoms with Gasteiger partial charge in [0.1, 0.15) is 17.9 Å². The fraction of sp³-hybridized carbons (Fsp3) is 0.471. The summed E-state index contributed by atoms with van der Waals surface area (Å²) in [5, 5.41) is 4.20. The molecule has 0 spiro atoms. The molecule has 1 aromatic carbocycles. The van der Waals surface area contributed by atoms with E-state index in [1.54, 1.807) is 24.4 Å². The Morgan fingerprint density at radius 2 is 2.22 bits per heavy atom. The normalized spacial score (nSPS) is 24.3. The van der Waals surface area contributed by atoms with E-state index in [0.717, 1.165) is 38.1 Å². The van der Waals surface area contributed by atoms with Gasteiger partial charge >= 0.3 is 0 Å². The van der Waals surface area contributed by atoms with Crippen LogP contribution in [0.3, 0.4) is 0 Å². The number of carbonyl (C=O) groups is 1. The SMILES string of the molecule is O=C([C@@H]1SCCc2ccccc21)N1CCC[C@H](n2cncn2)C1. The third-order valence-corrected chi connectivity index (χ3v) is 5.97. The highest BCUT2D eigenvalue weighted by atomic mass is 32.2. The predicted octanol–water partition coefficient (Wildman–Crippen LogP) is 2.47. The van der Waals surface area contributed by atoms with Crippen molar-refractivity contribution >= 4 is 17.7 Å². The third-order valence-electron chi connectivity index (χ3n) is 4.74. The zero-order valence-corrected chi connectivity index (χ0v) is 13.8. The van der Waals surface area contributed by atoms with Crippen molar-refractivity contribution in [3.63, 3.8) is 0 Å². The highest BCUT2D eigenvalue weighted by Gasteiger charge is 2.33. The summed E-state index contributed by atoms with van der Waals surface area (Å²) >= 11 is 1.78. The molecule has 1 fully saturated rings. The lowest BCUT2D eigenvalue weighted by Gasteiger charge is -2.36. The van der Waals surface area contributed by atoms with Crippen LogP contribution < -0.4 is 0 Å². The minimum Gasteiger partial charge on any atom is -0.339 e. The molecule has 2 atom stereocenters. The van der Waals surface area contributed by atoms with Gasteiger partial charge < -0.3 is 4.90 Å². The molecule has 120 valence electrons. The van der Waals surface area contributed by atoms with Gasteiger partial charge in [-0.05, 0) is 36.1 Å². The van der Waals surface area contributed by atoms with Gasteiger partial charge in [-0.15, -0.1) is 11.8 Å². The number of aryl methyl sites for hydroxylation is 1. The van der Waals surface area contributed by atoms with Crippen molar-refractivity contribution < 1.29 is 4.79 Å². The fourth-order valence-electron chi connectivity index (χ4n) is 3.54. The van der Waals surface area contributed by atoms with Crippen LogP contribution in [0.1, 0.15) is 35.3 Å². The Morgan fingerprint density at radius 3 is 3.09 bits per heavy atom. The first-order valence-electron chi connectivity index (χ1n) is 8.15. The molecule has 1 aromatic heterocycles. The van der Waals surface area contributed by atoms with Crippen LogP contribution in [0.15, 0.2) is 36.9 Å². The van der Waals surface area contributed by atoms with Crippen LogP contribution in [-0.2, 0) is 11.2 Å². The molecule has 1 saturated heterocycles. The number of aromatic nitrogens is 3. The van der Waals surface area contributed by atoms with Crippen LogP contribution in [0.2, 0.25) is 0 Å². The number of likely N-dealkylation sites (tertiary alicyclic amines) is 1. The van der Waals surface area contributed by atoms with Crippen molar-refractivity contribution in [1.29, 1.82) is 0 Å². The molecule has 2 aromatic rings. The lowest BCUT2D eigenvalue weighted by atomic mass is 9.99. The number of amides is 1. The van der Waals surface area contributed by atoms with Gasteiger partial charge in [-0.1, -0.05) is 24.3 Å². The first-order chi connectivity index (χ1) is 11.3. The van der Waals surface area contributed by atoms with Crippen LogP contribution in [0.25, 0.3) is 0 Å². The second kappa shape index (κ2) is 6.35. The Morgan fingerprint density at radius 1 is 1.30 bits per heavy atom. The molecule has 0 unspecified atom stereocenters. The van der Waals surface area contributed by atoms with E-state index in [1.165, 1.54) is 11.1 Å². The van der Waals surface area contributed by atoms with Crippen LogP contribution >= 0.6 is 11.8 Å². The number of hydrogen-bond donors (Lipinski definition) is 0. The number of thioether (sulfide) groups is 1. The highest BCUT2D eigenvalue weighted by molar-refractivity contribution is 8.00. The summed E-state index contributed by atoms with van der Waals surface area (Å²) in [5.74, 6) is 1.28. The molecule has 4 rings (SSSR count). The zero-order valence-electron chi connectivity index (χ0n) is 13.0. The Kier molecular flexibility index (Phi) is 4.08. The lowest BCUT2D eigenvalue weighted by Crippen LogP contribution is -2.43. The maximum absolute atomic E-state index is 13.1. The molecule has 2 aliphatic heterocycles. The quantitative estimate of drug-likeness (QED) is 0.850. The highest BCUT2D eigenvalue weighted by Crippen LogP contribution is 2.38. The molecule has 5 nitrogen and oxygen atoms in total. The Balaban J connectivity index is 1.53. The van der Waals surface area contributed by atoms with Gasteiger partial charge in [0.25, 0.3) is 0 Å². The second-order valence-electron chi connectivity index (χ2n) is 6.16. The fourth-order valence-corrected chi connectivity index (χ4v) is 4.82. The number of carbonyl (C=O) groups excluding carboxylic acids is 1. The molecule has 6 heteroatoms. The monoisotopic (exact) mass is 328 g/mol. The van der Waals surface area contributed by atoms with Crippen LogP contribution in [0.5, 0.6) is 0 Å². The van der Waals surface area contributed by atoms with Gasteiger partial charge in [-0.3, -0.25) is 4.79 Å². The number of piperidine rings is 1. The molecule has 2 aliphatic rings. The van der Waals surface area contributed by atoms with E-state index >= 15 is 0 Å². The van der Waals surface area contributed by atoms with Gasteiger partial charge in [-0.25, -0.2) is 9.67 Å². The van der Waals surface area contributed by atoms with Crippen molar-refractivity contribution in [2.75, 3.05) is 18.8 Å². The minimum absolute atomic E-state index is 0.0468. The number of nitrogens with zero attached hydrogens (tertiary/aromatic N) is 4. The molecule has 0 bridgehead atoms. The van der Waals surface area contributed by atoms with E-state index in [0.29, 0.717) is 0 Å². The van der Waals surface area contributed by atoms with Gasteiger partial charge in [0.2, 0.25) is 5.91 Å². The average Bonchev–Trinajstić information content (AvgIpc) is 3.15. The number of rotatable bonds is 2. The molecule has 0 saturated carbocycles. The maximum Gasteiger partial charge on any atom is 0.240 e. The van der Waals surface area contributed by atoms with E-state index in [1.807, 2.05) is 15.6 Å². The topological polar surface area (TPSA) is 51.0 Å². The summed E-state index contributed by atoms with van der Waals surface area (Å²) in [5.41, 5.74) is 2.53. The Labute approximate surface area is 140 Å². The summed E-state index contributed by atoms with van der Waals surface area (Å²) in [6.07, 6.45) is 6.46. The van der Waals surface area contributed by atoms with E-state index in [-0.39, 0.29) is 17.2 Å². The van der Waals surface area contributed by atoms with Crippen LogP contribution in [-0.4, -0.2) is 44.4 Å². The summed E-state index contributed by atoms with van der Waals surface area (Å²) in [6.45, 7) is 1.59. The van der Waals surface area contributed by atoms with E-state index in [2.05, 4.69) is 28.3 Å². The molecule has 0 N–H and O–H groups in total. The number of benzene rings is 1. The first kappa shape index (κ1) is 14.8. The first-order valence-corrected chi connectivity index (χ1v) is 9.20. The van der Waals surface area contributed by atoms with Crippen molar-refractivity contribution in [3.8, 4) is 0 Å². The standard InChI is InChI=1S/C17H20N4OS/c22-17(16-15-6-2-1-4-13(15)7-9-23-16)20-8-3-5-14(10-20)21-12-18-11-19-21/h1-2,4,6,11-12,14,16H,3,5,7-10H2/t14-,16+/m0/s1. The zero-order chi connectivity index (χ0) is 15.6. The number of hydrogen-bond acceptors (Lipinski definition) is 4. The predicted molar refractivity (Wildman–Crippen MR) is 90.2 cm³/mol. The van der Waals surface area contributed by atoms with Gasteiger partial charge in [0, 0.05) is 13.1 Å². The third kappa shape index (κ3) is 2.87. The van der Waals surface area contributed by atoms with E-state index < -0.39 is 0 Å². The molecular formula is C17H20N4OS. The Bertz CT molecular complexity index is 688. The van der Waals surface area contributed by atoms with Crippen molar-refractivity contribution in [2.24, 2.45) is 0 Å².